The minimum Gasteiger partial charge on any atom is -0.371 e. The fourth-order valence-electron chi connectivity index (χ4n) is 2.60. The standard InChI is InChI=1S/C17H26N4O2/c1-20(2)16(22)13-18-17(23)19-14-8-7-9-15(12-14)21-10-5-3-4-6-11-21/h7-9,12H,3-6,10-11,13H2,1-2H3,(H2,18,19,23). The largest absolute Gasteiger partial charge is 0.371 e. The van der Waals surface area contributed by atoms with Crippen molar-refractivity contribution in [2.45, 2.75) is 25.7 Å². The Morgan fingerprint density at radius 3 is 2.48 bits per heavy atom. The zero-order chi connectivity index (χ0) is 16.7. The van der Waals surface area contributed by atoms with Gasteiger partial charge in [0.15, 0.2) is 0 Å². The van der Waals surface area contributed by atoms with E-state index in [2.05, 4.69) is 21.6 Å². The van der Waals surface area contributed by atoms with Crippen LogP contribution < -0.4 is 15.5 Å². The number of hydrogen-bond donors (Lipinski definition) is 2. The molecule has 2 rings (SSSR count). The third-order valence-electron chi connectivity index (χ3n) is 3.97. The average Bonchev–Trinajstić information content (AvgIpc) is 2.82. The summed E-state index contributed by atoms with van der Waals surface area (Å²) in [5.74, 6) is -0.140. The molecule has 0 aromatic heterocycles. The molecule has 1 aromatic rings. The molecule has 1 saturated heterocycles. The van der Waals surface area contributed by atoms with E-state index in [1.165, 1.54) is 30.6 Å². The van der Waals surface area contributed by atoms with Crippen molar-refractivity contribution in [2.75, 3.05) is 43.9 Å². The van der Waals surface area contributed by atoms with Gasteiger partial charge < -0.3 is 20.4 Å². The summed E-state index contributed by atoms with van der Waals surface area (Å²) in [7, 11) is 3.32. The lowest BCUT2D eigenvalue weighted by Crippen LogP contribution is -2.38. The molecule has 0 unspecified atom stereocenters. The molecule has 3 amide bonds. The average molecular weight is 318 g/mol. The summed E-state index contributed by atoms with van der Waals surface area (Å²) in [5.41, 5.74) is 1.87. The van der Waals surface area contributed by atoms with Crippen LogP contribution in [0.1, 0.15) is 25.7 Å². The number of rotatable bonds is 4. The molecule has 0 atom stereocenters. The van der Waals surface area contributed by atoms with E-state index in [1.807, 2.05) is 18.2 Å². The van der Waals surface area contributed by atoms with Gasteiger partial charge in [0.25, 0.3) is 0 Å². The van der Waals surface area contributed by atoms with Crippen molar-refractivity contribution in [1.82, 2.24) is 10.2 Å². The van der Waals surface area contributed by atoms with Crippen LogP contribution in [0.25, 0.3) is 0 Å². The van der Waals surface area contributed by atoms with Gasteiger partial charge in [-0.1, -0.05) is 18.9 Å². The minimum absolute atomic E-state index is 0.00928. The van der Waals surface area contributed by atoms with Crippen molar-refractivity contribution in [2.24, 2.45) is 0 Å². The first kappa shape index (κ1) is 17.1. The minimum atomic E-state index is -0.367. The number of nitrogens with zero attached hydrogens (tertiary/aromatic N) is 2. The lowest BCUT2D eigenvalue weighted by atomic mass is 10.2. The highest BCUT2D eigenvalue weighted by atomic mass is 16.2. The number of carbonyl (C=O) groups is 2. The molecule has 2 N–H and O–H groups in total. The number of benzene rings is 1. The van der Waals surface area contributed by atoms with Gasteiger partial charge in [0, 0.05) is 38.6 Å². The number of amides is 3. The van der Waals surface area contributed by atoms with Crippen LogP contribution in [-0.4, -0.2) is 50.6 Å². The second-order valence-corrected chi connectivity index (χ2v) is 6.05. The SMILES string of the molecule is CN(C)C(=O)CNC(=O)Nc1cccc(N2CCCCCC2)c1. The van der Waals surface area contributed by atoms with E-state index in [-0.39, 0.29) is 18.5 Å². The van der Waals surface area contributed by atoms with E-state index < -0.39 is 0 Å². The normalized spacial score (nSPS) is 14.8. The predicted octanol–water partition coefficient (Wildman–Crippen LogP) is 2.28. The number of hydrogen-bond acceptors (Lipinski definition) is 3. The van der Waals surface area contributed by atoms with Gasteiger partial charge in [0.05, 0.1) is 6.54 Å². The Morgan fingerprint density at radius 2 is 1.83 bits per heavy atom. The molecular formula is C17H26N4O2. The van der Waals surface area contributed by atoms with Crippen molar-refractivity contribution in [1.29, 1.82) is 0 Å². The molecule has 1 heterocycles. The number of likely N-dealkylation sites (N-methyl/N-ethyl adjacent to an activating group) is 1. The third kappa shape index (κ3) is 5.47. The van der Waals surface area contributed by atoms with Gasteiger partial charge in [0.1, 0.15) is 0 Å². The van der Waals surface area contributed by atoms with Crippen molar-refractivity contribution >= 4 is 23.3 Å². The molecule has 23 heavy (non-hydrogen) atoms. The molecule has 1 aromatic carbocycles. The van der Waals surface area contributed by atoms with E-state index in [4.69, 9.17) is 0 Å². The highest BCUT2D eigenvalue weighted by Gasteiger charge is 2.11. The Labute approximate surface area is 137 Å². The molecule has 0 saturated carbocycles. The fourth-order valence-corrected chi connectivity index (χ4v) is 2.60. The lowest BCUT2D eigenvalue weighted by Gasteiger charge is -2.23. The van der Waals surface area contributed by atoms with Gasteiger partial charge in [-0.2, -0.15) is 0 Å². The van der Waals surface area contributed by atoms with Crippen LogP contribution in [0.15, 0.2) is 24.3 Å². The molecule has 1 aliphatic rings. The van der Waals surface area contributed by atoms with E-state index in [0.29, 0.717) is 0 Å². The maximum Gasteiger partial charge on any atom is 0.319 e. The van der Waals surface area contributed by atoms with Gasteiger partial charge in [-0.15, -0.1) is 0 Å². The third-order valence-corrected chi connectivity index (χ3v) is 3.97. The molecule has 0 spiro atoms. The van der Waals surface area contributed by atoms with Gasteiger partial charge in [0.2, 0.25) is 5.91 Å². The van der Waals surface area contributed by atoms with Crippen molar-refractivity contribution in [3.05, 3.63) is 24.3 Å². The van der Waals surface area contributed by atoms with Crippen LogP contribution in [0, 0.1) is 0 Å². The summed E-state index contributed by atoms with van der Waals surface area (Å²) in [6, 6.07) is 7.49. The first-order valence-corrected chi connectivity index (χ1v) is 8.16. The molecule has 0 aliphatic carbocycles. The smallest absolute Gasteiger partial charge is 0.319 e. The van der Waals surface area contributed by atoms with Gasteiger partial charge in [-0.25, -0.2) is 4.79 Å². The second kappa shape index (κ2) is 8.41. The Hall–Kier alpha value is -2.24. The highest BCUT2D eigenvalue weighted by Crippen LogP contribution is 2.22. The maximum absolute atomic E-state index is 11.9. The van der Waals surface area contributed by atoms with E-state index in [9.17, 15) is 9.59 Å². The highest BCUT2D eigenvalue weighted by molar-refractivity contribution is 5.92. The van der Waals surface area contributed by atoms with Crippen LogP contribution in [0.5, 0.6) is 0 Å². The van der Waals surface area contributed by atoms with Crippen LogP contribution in [0.3, 0.4) is 0 Å². The second-order valence-electron chi connectivity index (χ2n) is 6.05. The van der Waals surface area contributed by atoms with Crippen LogP contribution in [-0.2, 0) is 4.79 Å². The van der Waals surface area contributed by atoms with Gasteiger partial charge >= 0.3 is 6.03 Å². The zero-order valence-electron chi connectivity index (χ0n) is 14.0. The summed E-state index contributed by atoms with van der Waals surface area (Å²) < 4.78 is 0. The first-order chi connectivity index (χ1) is 11.1. The topological polar surface area (TPSA) is 64.7 Å². The number of anilines is 2. The number of urea groups is 1. The molecule has 1 aliphatic heterocycles. The van der Waals surface area contributed by atoms with Crippen LogP contribution in [0.4, 0.5) is 16.2 Å². The van der Waals surface area contributed by atoms with Gasteiger partial charge in [-0.3, -0.25) is 4.79 Å². The van der Waals surface area contributed by atoms with E-state index in [0.717, 1.165) is 24.5 Å². The Kier molecular flexibility index (Phi) is 6.26. The van der Waals surface area contributed by atoms with Crippen LogP contribution >= 0.6 is 0 Å². The van der Waals surface area contributed by atoms with Crippen LogP contribution in [0.2, 0.25) is 0 Å². The Balaban J connectivity index is 1.91. The summed E-state index contributed by atoms with van der Waals surface area (Å²) in [5, 5.41) is 5.35. The lowest BCUT2D eigenvalue weighted by molar-refractivity contribution is -0.127. The van der Waals surface area contributed by atoms with E-state index in [1.54, 1.807) is 14.1 Å². The van der Waals surface area contributed by atoms with E-state index >= 15 is 0 Å². The summed E-state index contributed by atoms with van der Waals surface area (Å²) in [6.45, 7) is 2.12. The molecule has 1 fully saturated rings. The van der Waals surface area contributed by atoms with Crippen molar-refractivity contribution < 1.29 is 9.59 Å². The zero-order valence-corrected chi connectivity index (χ0v) is 14.0. The maximum atomic E-state index is 11.9. The molecule has 0 bridgehead atoms. The molecule has 6 heteroatoms. The monoisotopic (exact) mass is 318 g/mol. The Bertz CT molecular complexity index is 537. The molecule has 6 nitrogen and oxygen atoms in total. The van der Waals surface area contributed by atoms with Crippen molar-refractivity contribution in [3.8, 4) is 0 Å². The quantitative estimate of drug-likeness (QED) is 0.895. The summed E-state index contributed by atoms with van der Waals surface area (Å²) in [6.07, 6.45) is 5.00. The van der Waals surface area contributed by atoms with Crippen molar-refractivity contribution in [3.63, 3.8) is 0 Å². The molecular weight excluding hydrogens is 292 g/mol. The fraction of sp³-hybridized carbons (Fsp3) is 0.529. The molecule has 126 valence electrons. The first-order valence-electron chi connectivity index (χ1n) is 8.16. The van der Waals surface area contributed by atoms with Gasteiger partial charge in [-0.05, 0) is 31.0 Å². The Morgan fingerprint density at radius 1 is 1.13 bits per heavy atom. The summed E-state index contributed by atoms with van der Waals surface area (Å²) >= 11 is 0. The predicted molar refractivity (Wildman–Crippen MR) is 92.8 cm³/mol. The number of nitrogens with one attached hydrogen (secondary N) is 2. The summed E-state index contributed by atoms with van der Waals surface area (Å²) in [4.78, 5) is 27.2. The number of carbonyl (C=O) groups excluding carboxylic acids is 2. The molecule has 0 radical (unpaired) electrons.